The monoisotopic (exact) mass is 253 g/mol. The molecule has 0 heterocycles. The normalized spacial score (nSPS) is 9.71. The van der Waals surface area contributed by atoms with Crippen LogP contribution in [0, 0.1) is 11.3 Å². The maximum absolute atomic E-state index is 11.4. The predicted molar refractivity (Wildman–Crippen MR) is 62.7 cm³/mol. The molecule has 0 aliphatic carbocycles. The fourth-order valence-electron chi connectivity index (χ4n) is 1.50. The zero-order chi connectivity index (χ0) is 12.8. The van der Waals surface area contributed by atoms with Gasteiger partial charge in [0.05, 0.1) is 24.7 Å². The minimum atomic E-state index is -0.416. The summed E-state index contributed by atoms with van der Waals surface area (Å²) in [6, 6.07) is 4.69. The van der Waals surface area contributed by atoms with Gasteiger partial charge in [-0.2, -0.15) is 5.26 Å². The van der Waals surface area contributed by atoms with Crippen molar-refractivity contribution in [1.29, 1.82) is 5.26 Å². The van der Waals surface area contributed by atoms with Crippen LogP contribution in [0.15, 0.2) is 12.1 Å². The van der Waals surface area contributed by atoms with Gasteiger partial charge in [-0.25, -0.2) is 0 Å². The first-order valence-corrected chi connectivity index (χ1v) is 5.62. The van der Waals surface area contributed by atoms with Gasteiger partial charge in [-0.05, 0) is 30.2 Å². The van der Waals surface area contributed by atoms with Crippen molar-refractivity contribution in [3.05, 3.63) is 28.8 Å². The number of nitrogens with zero attached hydrogens (tertiary/aromatic N) is 1. The number of nitriles is 1. The van der Waals surface area contributed by atoms with E-state index in [0.29, 0.717) is 11.1 Å². The molecule has 1 aromatic carbocycles. The molecule has 0 aromatic heterocycles. The fourth-order valence-corrected chi connectivity index (χ4v) is 1.74. The van der Waals surface area contributed by atoms with Gasteiger partial charge in [-0.15, -0.1) is 11.6 Å². The maximum atomic E-state index is 11.4. The van der Waals surface area contributed by atoms with Crippen molar-refractivity contribution in [3.8, 4) is 11.8 Å². The molecule has 0 saturated heterocycles. The second-order valence-corrected chi connectivity index (χ2v) is 3.63. The molecule has 0 saturated carbocycles. The second kappa shape index (κ2) is 6.12. The van der Waals surface area contributed by atoms with Crippen molar-refractivity contribution in [1.82, 2.24) is 0 Å². The highest BCUT2D eigenvalue weighted by Crippen LogP contribution is 2.23. The first kappa shape index (κ1) is 13.3. The highest BCUT2D eigenvalue weighted by molar-refractivity contribution is 6.17. The number of alkyl halides is 1. The van der Waals surface area contributed by atoms with Crippen LogP contribution in [-0.2, 0) is 21.8 Å². The Hall–Kier alpha value is -1.73. The molecule has 17 heavy (non-hydrogen) atoms. The lowest BCUT2D eigenvalue weighted by Gasteiger charge is -2.09. The van der Waals surface area contributed by atoms with Gasteiger partial charge in [-0.1, -0.05) is 0 Å². The molecule has 0 aliphatic heterocycles. The predicted octanol–water partition coefficient (Wildman–Crippen LogP) is 2.11. The molecule has 4 nitrogen and oxygen atoms in total. The van der Waals surface area contributed by atoms with E-state index in [1.54, 1.807) is 6.92 Å². The lowest BCUT2D eigenvalue weighted by Crippen LogP contribution is -2.10. The minimum Gasteiger partial charge on any atom is -0.508 e. The first-order chi connectivity index (χ1) is 8.12. The number of hydrogen-bond donors (Lipinski definition) is 1. The smallest absolute Gasteiger partial charge is 0.310 e. The van der Waals surface area contributed by atoms with E-state index >= 15 is 0 Å². The van der Waals surface area contributed by atoms with E-state index in [0.717, 1.165) is 0 Å². The van der Waals surface area contributed by atoms with E-state index in [9.17, 15) is 9.90 Å². The summed E-state index contributed by atoms with van der Waals surface area (Å²) in [7, 11) is 0. The average Bonchev–Trinajstić information content (AvgIpc) is 2.31. The van der Waals surface area contributed by atoms with E-state index in [-0.39, 0.29) is 30.2 Å². The molecule has 0 fully saturated rings. The molecule has 1 rings (SSSR count). The number of hydrogen-bond acceptors (Lipinski definition) is 4. The van der Waals surface area contributed by atoms with Gasteiger partial charge < -0.3 is 9.84 Å². The molecule has 0 bridgehead atoms. The summed E-state index contributed by atoms with van der Waals surface area (Å²) < 4.78 is 4.82. The molecular formula is C12H12ClNO3. The van der Waals surface area contributed by atoms with Crippen LogP contribution in [0.4, 0.5) is 0 Å². The third-order valence-corrected chi connectivity index (χ3v) is 2.51. The van der Waals surface area contributed by atoms with Crippen LogP contribution in [0.25, 0.3) is 0 Å². The quantitative estimate of drug-likeness (QED) is 0.659. The molecule has 0 atom stereocenters. The molecule has 0 aliphatic rings. The van der Waals surface area contributed by atoms with Crippen molar-refractivity contribution in [2.45, 2.75) is 19.2 Å². The number of benzene rings is 1. The van der Waals surface area contributed by atoms with Crippen LogP contribution >= 0.6 is 11.6 Å². The third kappa shape index (κ3) is 3.36. The van der Waals surface area contributed by atoms with E-state index in [2.05, 4.69) is 0 Å². The number of ether oxygens (including phenoxy) is 1. The molecule has 90 valence electrons. The van der Waals surface area contributed by atoms with Crippen molar-refractivity contribution in [3.63, 3.8) is 0 Å². The number of carbonyl (C=O) groups excluding carboxylic acids is 1. The minimum absolute atomic E-state index is 0.0148. The molecule has 0 radical (unpaired) electrons. The summed E-state index contributed by atoms with van der Waals surface area (Å²) in [5, 5.41) is 18.3. The van der Waals surface area contributed by atoms with Gasteiger partial charge in [0.25, 0.3) is 0 Å². The lowest BCUT2D eigenvalue weighted by molar-refractivity contribution is -0.142. The van der Waals surface area contributed by atoms with Gasteiger partial charge in [0.1, 0.15) is 5.75 Å². The lowest BCUT2D eigenvalue weighted by atomic mass is 9.99. The van der Waals surface area contributed by atoms with Crippen LogP contribution < -0.4 is 0 Å². The van der Waals surface area contributed by atoms with Gasteiger partial charge >= 0.3 is 5.97 Å². The second-order valence-electron chi connectivity index (χ2n) is 3.36. The maximum Gasteiger partial charge on any atom is 0.310 e. The molecular weight excluding hydrogens is 242 g/mol. The molecule has 0 amide bonds. The number of phenols is 1. The molecule has 1 N–H and O–H groups in total. The Morgan fingerprint density at radius 1 is 1.59 bits per heavy atom. The van der Waals surface area contributed by atoms with Gasteiger partial charge in [0.2, 0.25) is 0 Å². The van der Waals surface area contributed by atoms with Gasteiger partial charge in [-0.3, -0.25) is 4.79 Å². The Morgan fingerprint density at radius 3 is 2.82 bits per heavy atom. The average molecular weight is 254 g/mol. The van der Waals surface area contributed by atoms with Crippen molar-refractivity contribution < 1.29 is 14.6 Å². The standard InChI is InChI=1S/C12H12ClNO3/c1-2-17-12(16)5-11-8(6-13)3-10(15)4-9(11)7-14/h3-4,15H,2,5-6H2,1H3. The van der Waals surface area contributed by atoms with Crippen LogP contribution in [-0.4, -0.2) is 17.7 Å². The molecule has 1 aromatic rings. The van der Waals surface area contributed by atoms with Crippen LogP contribution in [0.1, 0.15) is 23.6 Å². The Balaban J connectivity index is 3.12. The Bertz CT molecular complexity index is 466. The van der Waals surface area contributed by atoms with Crippen LogP contribution in [0.3, 0.4) is 0 Å². The topological polar surface area (TPSA) is 70.3 Å². The first-order valence-electron chi connectivity index (χ1n) is 5.08. The number of phenolic OH excluding ortho intramolecular Hbond substituents is 1. The molecule has 5 heteroatoms. The summed E-state index contributed by atoms with van der Waals surface area (Å²) in [6.07, 6.45) is -0.0148. The summed E-state index contributed by atoms with van der Waals surface area (Å²) in [5.41, 5.74) is 1.32. The van der Waals surface area contributed by atoms with Crippen LogP contribution in [0.2, 0.25) is 0 Å². The van der Waals surface area contributed by atoms with E-state index in [4.69, 9.17) is 21.6 Å². The van der Waals surface area contributed by atoms with Crippen molar-refractivity contribution >= 4 is 17.6 Å². The highest BCUT2D eigenvalue weighted by atomic mass is 35.5. The van der Waals surface area contributed by atoms with E-state index in [1.807, 2.05) is 6.07 Å². The van der Waals surface area contributed by atoms with Crippen molar-refractivity contribution in [2.75, 3.05) is 6.61 Å². The Kier molecular flexibility index (Phi) is 4.80. The Labute approximate surface area is 104 Å². The van der Waals surface area contributed by atoms with E-state index < -0.39 is 5.97 Å². The number of esters is 1. The molecule has 0 spiro atoms. The summed E-state index contributed by atoms with van der Waals surface area (Å²) >= 11 is 5.72. The van der Waals surface area contributed by atoms with Crippen LogP contribution in [0.5, 0.6) is 5.75 Å². The largest absolute Gasteiger partial charge is 0.508 e. The van der Waals surface area contributed by atoms with E-state index in [1.165, 1.54) is 12.1 Å². The summed E-state index contributed by atoms with van der Waals surface area (Å²) in [4.78, 5) is 11.4. The number of rotatable bonds is 4. The third-order valence-electron chi connectivity index (χ3n) is 2.22. The highest BCUT2D eigenvalue weighted by Gasteiger charge is 2.14. The SMILES string of the molecule is CCOC(=O)Cc1c(C#N)cc(O)cc1CCl. The number of aromatic hydroxyl groups is 1. The zero-order valence-corrected chi connectivity index (χ0v) is 10.1. The zero-order valence-electron chi connectivity index (χ0n) is 9.36. The summed E-state index contributed by atoms with van der Waals surface area (Å²) in [6.45, 7) is 2.00. The van der Waals surface area contributed by atoms with Gasteiger partial charge in [0.15, 0.2) is 0 Å². The Morgan fingerprint density at radius 2 is 2.29 bits per heavy atom. The molecule has 0 unspecified atom stereocenters. The van der Waals surface area contributed by atoms with Gasteiger partial charge in [0, 0.05) is 5.88 Å². The number of carbonyl (C=O) groups is 1. The number of halogens is 1. The fraction of sp³-hybridized carbons (Fsp3) is 0.333. The van der Waals surface area contributed by atoms with Crippen molar-refractivity contribution in [2.24, 2.45) is 0 Å². The summed E-state index contributed by atoms with van der Waals surface area (Å²) in [5.74, 6) is -0.330.